The average molecular weight is 251 g/mol. The monoisotopic (exact) mass is 251 g/mol. The van der Waals surface area contributed by atoms with Crippen molar-refractivity contribution in [2.45, 2.75) is 26.3 Å². The fourth-order valence-electron chi connectivity index (χ4n) is 1.31. The largest absolute Gasteiger partial charge is 0.363 e. The third kappa shape index (κ3) is 3.84. The molecule has 0 saturated carbocycles. The van der Waals surface area contributed by atoms with Gasteiger partial charge in [-0.3, -0.25) is 0 Å². The number of likely N-dealkylation sites (N-methyl/N-ethyl adjacent to an activating group) is 1. The Morgan fingerprint density at radius 3 is 2.28 bits per heavy atom. The molecule has 0 unspecified atom stereocenters. The summed E-state index contributed by atoms with van der Waals surface area (Å²) in [7, 11) is 8.11. The number of rotatable bonds is 5. The summed E-state index contributed by atoms with van der Waals surface area (Å²) in [6, 6.07) is 1.97. The maximum atomic E-state index is 4.48. The predicted octanol–water partition coefficient (Wildman–Crippen LogP) is 1.60. The minimum atomic E-state index is 0.0609. The highest BCUT2D eigenvalue weighted by Gasteiger charge is 2.20. The van der Waals surface area contributed by atoms with Crippen molar-refractivity contribution in [3.8, 4) is 0 Å². The van der Waals surface area contributed by atoms with E-state index in [2.05, 4.69) is 48.1 Å². The van der Waals surface area contributed by atoms with Crippen LogP contribution in [0.5, 0.6) is 0 Å². The predicted molar refractivity (Wildman–Crippen MR) is 77.4 cm³/mol. The summed E-state index contributed by atoms with van der Waals surface area (Å²) in [5.41, 5.74) is 1.03. The zero-order chi connectivity index (χ0) is 13.9. The number of hydrogen-bond donors (Lipinski definition) is 1. The van der Waals surface area contributed by atoms with Crippen LogP contribution in [-0.4, -0.2) is 55.1 Å². The standard InChI is InChI=1S/C13H25N5/c1-10-8-11(17(4)5)16-12(15-10)14-9-13(2,3)18(6)7/h8H,9H2,1-7H3,(H,14,15,16). The van der Waals surface area contributed by atoms with Crippen LogP contribution in [-0.2, 0) is 0 Å². The molecule has 5 heteroatoms. The van der Waals surface area contributed by atoms with Gasteiger partial charge in [0.25, 0.3) is 0 Å². The number of nitrogens with zero attached hydrogens (tertiary/aromatic N) is 4. The average Bonchev–Trinajstić information content (AvgIpc) is 2.25. The zero-order valence-corrected chi connectivity index (χ0v) is 12.6. The van der Waals surface area contributed by atoms with Gasteiger partial charge in [-0.2, -0.15) is 4.98 Å². The third-order valence-corrected chi connectivity index (χ3v) is 3.19. The van der Waals surface area contributed by atoms with Gasteiger partial charge in [0.1, 0.15) is 5.82 Å². The van der Waals surface area contributed by atoms with Crippen LogP contribution in [0.2, 0.25) is 0 Å². The van der Waals surface area contributed by atoms with Gasteiger partial charge in [0.2, 0.25) is 5.95 Å². The highest BCUT2D eigenvalue weighted by atomic mass is 15.2. The molecule has 0 radical (unpaired) electrons. The summed E-state index contributed by atoms with van der Waals surface area (Å²) in [5, 5.41) is 3.31. The molecule has 0 aliphatic rings. The Labute approximate surface area is 110 Å². The summed E-state index contributed by atoms with van der Waals surface area (Å²) in [4.78, 5) is 13.1. The first-order valence-corrected chi connectivity index (χ1v) is 6.16. The lowest BCUT2D eigenvalue weighted by atomic mass is 10.1. The van der Waals surface area contributed by atoms with Gasteiger partial charge in [0.15, 0.2) is 0 Å². The minimum absolute atomic E-state index is 0.0609. The van der Waals surface area contributed by atoms with E-state index in [0.717, 1.165) is 18.1 Å². The van der Waals surface area contributed by atoms with Crippen molar-refractivity contribution < 1.29 is 0 Å². The number of anilines is 2. The smallest absolute Gasteiger partial charge is 0.224 e. The van der Waals surface area contributed by atoms with Crippen LogP contribution in [0.25, 0.3) is 0 Å². The molecule has 0 aromatic carbocycles. The van der Waals surface area contributed by atoms with E-state index in [1.165, 1.54) is 0 Å². The zero-order valence-electron chi connectivity index (χ0n) is 12.6. The Kier molecular flexibility index (Phi) is 4.51. The minimum Gasteiger partial charge on any atom is -0.363 e. The molecule has 1 rings (SSSR count). The summed E-state index contributed by atoms with van der Waals surface area (Å²) < 4.78 is 0. The lowest BCUT2D eigenvalue weighted by Crippen LogP contribution is -2.44. The topological polar surface area (TPSA) is 44.3 Å². The van der Waals surface area contributed by atoms with Gasteiger partial charge in [0.05, 0.1) is 0 Å². The van der Waals surface area contributed by atoms with E-state index in [0.29, 0.717) is 5.95 Å². The summed E-state index contributed by atoms with van der Waals surface area (Å²) in [6.07, 6.45) is 0. The molecule has 18 heavy (non-hydrogen) atoms. The maximum absolute atomic E-state index is 4.48. The first-order chi connectivity index (χ1) is 8.22. The van der Waals surface area contributed by atoms with Crippen LogP contribution in [0.1, 0.15) is 19.5 Å². The van der Waals surface area contributed by atoms with Crippen LogP contribution in [0.15, 0.2) is 6.07 Å². The molecule has 0 bridgehead atoms. The number of nitrogens with one attached hydrogen (secondary N) is 1. The van der Waals surface area contributed by atoms with E-state index < -0.39 is 0 Å². The Balaban J connectivity index is 2.79. The normalized spacial score (nSPS) is 11.8. The number of hydrogen-bond acceptors (Lipinski definition) is 5. The van der Waals surface area contributed by atoms with E-state index in [9.17, 15) is 0 Å². The summed E-state index contributed by atoms with van der Waals surface area (Å²) in [5.74, 6) is 1.61. The van der Waals surface area contributed by atoms with Gasteiger partial charge in [-0.25, -0.2) is 4.98 Å². The third-order valence-electron chi connectivity index (χ3n) is 3.19. The van der Waals surface area contributed by atoms with Crippen molar-refractivity contribution in [3.63, 3.8) is 0 Å². The molecule has 1 aromatic heterocycles. The molecule has 0 amide bonds. The second-order valence-electron chi connectivity index (χ2n) is 5.65. The van der Waals surface area contributed by atoms with Crippen molar-refractivity contribution in [1.29, 1.82) is 0 Å². The fraction of sp³-hybridized carbons (Fsp3) is 0.692. The Morgan fingerprint density at radius 1 is 1.17 bits per heavy atom. The lowest BCUT2D eigenvalue weighted by molar-refractivity contribution is 0.209. The highest BCUT2D eigenvalue weighted by Crippen LogP contribution is 2.14. The first-order valence-electron chi connectivity index (χ1n) is 6.16. The second-order valence-corrected chi connectivity index (χ2v) is 5.65. The molecular formula is C13H25N5. The molecular weight excluding hydrogens is 226 g/mol. The molecule has 0 aliphatic carbocycles. The van der Waals surface area contributed by atoms with Gasteiger partial charge in [-0.15, -0.1) is 0 Å². The van der Waals surface area contributed by atoms with Crippen LogP contribution in [0.3, 0.4) is 0 Å². The number of aryl methyl sites for hydroxylation is 1. The van der Waals surface area contributed by atoms with E-state index in [4.69, 9.17) is 0 Å². The van der Waals surface area contributed by atoms with E-state index >= 15 is 0 Å². The van der Waals surface area contributed by atoms with Crippen molar-refractivity contribution in [3.05, 3.63) is 11.8 Å². The molecule has 0 fully saturated rings. The molecule has 5 nitrogen and oxygen atoms in total. The van der Waals surface area contributed by atoms with Gasteiger partial charge < -0.3 is 15.1 Å². The van der Waals surface area contributed by atoms with Crippen LogP contribution >= 0.6 is 0 Å². The molecule has 0 atom stereocenters. The summed E-state index contributed by atoms with van der Waals surface area (Å²) >= 11 is 0. The van der Waals surface area contributed by atoms with E-state index in [-0.39, 0.29) is 5.54 Å². The Hall–Kier alpha value is -1.36. The van der Waals surface area contributed by atoms with Gasteiger partial charge in [-0.05, 0) is 34.9 Å². The molecule has 0 saturated heterocycles. The van der Waals surface area contributed by atoms with E-state index in [1.54, 1.807) is 0 Å². The van der Waals surface area contributed by atoms with Crippen molar-refractivity contribution in [2.24, 2.45) is 0 Å². The maximum Gasteiger partial charge on any atom is 0.224 e. The summed E-state index contributed by atoms with van der Waals surface area (Å²) in [6.45, 7) is 7.15. The molecule has 0 aliphatic heterocycles. The first kappa shape index (κ1) is 14.7. The lowest BCUT2D eigenvalue weighted by Gasteiger charge is -2.32. The van der Waals surface area contributed by atoms with Crippen LogP contribution < -0.4 is 10.2 Å². The Morgan fingerprint density at radius 2 is 1.78 bits per heavy atom. The van der Waals surface area contributed by atoms with Crippen molar-refractivity contribution >= 4 is 11.8 Å². The van der Waals surface area contributed by atoms with Crippen molar-refractivity contribution in [1.82, 2.24) is 14.9 Å². The molecule has 1 N–H and O–H groups in total. The van der Waals surface area contributed by atoms with Gasteiger partial charge >= 0.3 is 0 Å². The van der Waals surface area contributed by atoms with Gasteiger partial charge in [-0.1, -0.05) is 0 Å². The van der Waals surface area contributed by atoms with Crippen molar-refractivity contribution in [2.75, 3.05) is 45.0 Å². The van der Waals surface area contributed by atoms with Gasteiger partial charge in [0, 0.05) is 37.9 Å². The van der Waals surface area contributed by atoms with E-state index in [1.807, 2.05) is 32.0 Å². The Bertz CT molecular complexity index is 398. The van der Waals surface area contributed by atoms with Crippen LogP contribution in [0.4, 0.5) is 11.8 Å². The SMILES string of the molecule is Cc1cc(N(C)C)nc(NCC(C)(C)N(C)C)n1. The molecule has 1 aromatic rings. The highest BCUT2D eigenvalue weighted by molar-refractivity contribution is 5.43. The molecule has 1 heterocycles. The molecule has 0 spiro atoms. The second kappa shape index (κ2) is 5.52. The number of aromatic nitrogens is 2. The quantitative estimate of drug-likeness (QED) is 0.861. The van der Waals surface area contributed by atoms with Crippen LogP contribution in [0, 0.1) is 6.92 Å². The molecule has 102 valence electrons. The fourth-order valence-corrected chi connectivity index (χ4v) is 1.31.